The summed E-state index contributed by atoms with van der Waals surface area (Å²) >= 11 is 0. The minimum Gasteiger partial charge on any atom is -0.375 e. The van der Waals surface area contributed by atoms with Crippen LogP contribution in [0.3, 0.4) is 0 Å². The van der Waals surface area contributed by atoms with Crippen LogP contribution in [0.15, 0.2) is 18.2 Å². The van der Waals surface area contributed by atoms with Crippen LogP contribution in [0.25, 0.3) is 0 Å². The van der Waals surface area contributed by atoms with Gasteiger partial charge in [0, 0.05) is 19.2 Å². The predicted molar refractivity (Wildman–Crippen MR) is 75.3 cm³/mol. The van der Waals surface area contributed by atoms with E-state index in [1.165, 1.54) is 0 Å². The largest absolute Gasteiger partial charge is 0.375 e. The third-order valence-corrected chi connectivity index (χ3v) is 2.65. The molecular weight excluding hydrogens is 224 g/mol. The van der Waals surface area contributed by atoms with Gasteiger partial charge in [-0.25, -0.2) is 0 Å². The first-order valence-electron chi connectivity index (χ1n) is 6.84. The Morgan fingerprint density at radius 2 is 1.89 bits per heavy atom. The van der Waals surface area contributed by atoms with Gasteiger partial charge in [0.05, 0.1) is 18.0 Å². The van der Waals surface area contributed by atoms with Crippen LogP contribution in [-0.4, -0.2) is 17.6 Å². The van der Waals surface area contributed by atoms with Gasteiger partial charge in [-0.05, 0) is 24.5 Å². The Morgan fingerprint density at radius 3 is 2.56 bits per heavy atom. The monoisotopic (exact) mass is 250 g/mol. The lowest BCUT2D eigenvalue weighted by Crippen LogP contribution is -2.22. The van der Waals surface area contributed by atoms with Crippen LogP contribution in [0.2, 0.25) is 0 Å². The highest BCUT2D eigenvalue weighted by Crippen LogP contribution is 2.04. The summed E-state index contributed by atoms with van der Waals surface area (Å²) in [4.78, 5) is 4.57. The number of hydrogen-bond donors (Lipinski definition) is 1. The molecular formula is C15H26N2O. The van der Waals surface area contributed by atoms with Crippen LogP contribution >= 0.6 is 0 Å². The van der Waals surface area contributed by atoms with Crippen LogP contribution in [0.1, 0.15) is 45.5 Å². The number of nitrogens with one attached hydrogen (secondary N) is 1. The minimum absolute atomic E-state index is 0.484. The molecule has 0 saturated heterocycles. The summed E-state index contributed by atoms with van der Waals surface area (Å²) in [5.74, 6) is 0.694. The summed E-state index contributed by atoms with van der Waals surface area (Å²) in [6.45, 7) is 10.9. The van der Waals surface area contributed by atoms with Gasteiger partial charge < -0.3 is 10.1 Å². The molecule has 18 heavy (non-hydrogen) atoms. The van der Waals surface area contributed by atoms with Gasteiger partial charge in [-0.3, -0.25) is 4.98 Å². The fourth-order valence-corrected chi connectivity index (χ4v) is 1.51. The van der Waals surface area contributed by atoms with Gasteiger partial charge in [0.2, 0.25) is 0 Å². The molecule has 0 aliphatic rings. The molecule has 0 fully saturated rings. The van der Waals surface area contributed by atoms with E-state index in [0.29, 0.717) is 18.6 Å². The highest BCUT2D eigenvalue weighted by atomic mass is 16.5. The number of ether oxygens (including phenoxy) is 1. The van der Waals surface area contributed by atoms with Crippen molar-refractivity contribution in [3.05, 3.63) is 29.6 Å². The summed E-state index contributed by atoms with van der Waals surface area (Å²) in [6, 6.07) is 6.60. The molecule has 3 nitrogen and oxygen atoms in total. The first-order valence-corrected chi connectivity index (χ1v) is 6.84. The Balaban J connectivity index is 2.34. The standard InChI is InChI=1S/C15H26N2O/c1-12(2)8-9-18-11-15-7-5-6-14(17-15)10-16-13(3)4/h5-7,12-13,16H,8-11H2,1-4H3. The van der Waals surface area contributed by atoms with Crippen LogP contribution in [0, 0.1) is 5.92 Å². The smallest absolute Gasteiger partial charge is 0.0887 e. The summed E-state index contributed by atoms with van der Waals surface area (Å²) in [6.07, 6.45) is 1.11. The Labute approximate surface area is 111 Å². The molecule has 0 atom stereocenters. The number of rotatable bonds is 8. The van der Waals surface area contributed by atoms with E-state index in [-0.39, 0.29) is 0 Å². The van der Waals surface area contributed by atoms with Gasteiger partial charge in [0.15, 0.2) is 0 Å². The van der Waals surface area contributed by atoms with E-state index in [2.05, 4.69) is 38.0 Å². The molecule has 1 rings (SSSR count). The molecule has 0 aromatic carbocycles. The Morgan fingerprint density at radius 1 is 1.17 bits per heavy atom. The van der Waals surface area contributed by atoms with Crippen molar-refractivity contribution < 1.29 is 4.74 Å². The van der Waals surface area contributed by atoms with Crippen LogP contribution in [0.5, 0.6) is 0 Å². The third kappa shape index (κ3) is 6.72. The first kappa shape index (κ1) is 15.1. The zero-order chi connectivity index (χ0) is 13.4. The molecule has 0 amide bonds. The third-order valence-electron chi connectivity index (χ3n) is 2.65. The van der Waals surface area contributed by atoms with Crippen LogP contribution < -0.4 is 5.32 Å². The number of nitrogens with zero attached hydrogens (tertiary/aromatic N) is 1. The molecule has 1 heterocycles. The van der Waals surface area contributed by atoms with Crippen LogP contribution in [-0.2, 0) is 17.9 Å². The van der Waals surface area contributed by atoms with Crippen molar-refractivity contribution in [1.29, 1.82) is 0 Å². The summed E-state index contributed by atoms with van der Waals surface area (Å²) in [7, 11) is 0. The second kappa shape index (κ2) is 8.22. The average Bonchev–Trinajstić information content (AvgIpc) is 2.32. The van der Waals surface area contributed by atoms with E-state index >= 15 is 0 Å². The normalized spacial score (nSPS) is 11.4. The van der Waals surface area contributed by atoms with Gasteiger partial charge in [-0.1, -0.05) is 33.8 Å². The molecule has 0 saturated carbocycles. The highest BCUT2D eigenvalue weighted by molar-refractivity contribution is 5.10. The van der Waals surface area contributed by atoms with E-state index in [9.17, 15) is 0 Å². The van der Waals surface area contributed by atoms with Crippen LogP contribution in [0.4, 0.5) is 0 Å². The van der Waals surface area contributed by atoms with Crippen molar-refractivity contribution in [2.45, 2.75) is 53.3 Å². The van der Waals surface area contributed by atoms with Crippen molar-refractivity contribution in [3.8, 4) is 0 Å². The molecule has 0 unspecified atom stereocenters. The number of hydrogen-bond acceptors (Lipinski definition) is 3. The van der Waals surface area contributed by atoms with Crippen molar-refractivity contribution in [2.75, 3.05) is 6.61 Å². The quantitative estimate of drug-likeness (QED) is 0.720. The first-order chi connectivity index (χ1) is 8.58. The fraction of sp³-hybridized carbons (Fsp3) is 0.667. The van der Waals surface area contributed by atoms with Gasteiger partial charge in [-0.15, -0.1) is 0 Å². The van der Waals surface area contributed by atoms with E-state index in [4.69, 9.17) is 4.74 Å². The van der Waals surface area contributed by atoms with E-state index < -0.39 is 0 Å². The highest BCUT2D eigenvalue weighted by Gasteiger charge is 2.00. The van der Waals surface area contributed by atoms with E-state index in [1.807, 2.05) is 18.2 Å². The molecule has 0 aliphatic carbocycles. The summed E-state index contributed by atoms with van der Waals surface area (Å²) in [5, 5.41) is 3.37. The molecule has 3 heteroatoms. The van der Waals surface area contributed by atoms with Crippen molar-refractivity contribution in [1.82, 2.24) is 10.3 Å². The zero-order valence-corrected chi connectivity index (χ0v) is 12.1. The number of aromatic nitrogens is 1. The Kier molecular flexibility index (Phi) is 6.91. The summed E-state index contributed by atoms with van der Waals surface area (Å²) < 4.78 is 5.63. The number of pyridine rings is 1. The van der Waals surface area contributed by atoms with Crippen molar-refractivity contribution in [2.24, 2.45) is 5.92 Å². The molecule has 0 aliphatic heterocycles. The second-order valence-electron chi connectivity index (χ2n) is 5.39. The molecule has 0 radical (unpaired) electrons. The SMILES string of the molecule is CC(C)CCOCc1cccc(CNC(C)C)n1. The molecule has 0 spiro atoms. The fourth-order valence-electron chi connectivity index (χ4n) is 1.51. The van der Waals surface area contributed by atoms with E-state index in [0.717, 1.165) is 31.0 Å². The predicted octanol–water partition coefficient (Wildman–Crippen LogP) is 3.14. The second-order valence-corrected chi connectivity index (χ2v) is 5.39. The molecule has 1 aromatic heterocycles. The topological polar surface area (TPSA) is 34.1 Å². The lowest BCUT2D eigenvalue weighted by molar-refractivity contribution is 0.108. The maximum absolute atomic E-state index is 5.63. The molecule has 102 valence electrons. The lowest BCUT2D eigenvalue weighted by atomic mass is 10.1. The van der Waals surface area contributed by atoms with Crippen molar-refractivity contribution >= 4 is 0 Å². The Bertz CT molecular complexity index is 337. The van der Waals surface area contributed by atoms with Crippen molar-refractivity contribution in [3.63, 3.8) is 0 Å². The average molecular weight is 250 g/mol. The molecule has 1 N–H and O–H groups in total. The maximum Gasteiger partial charge on any atom is 0.0887 e. The van der Waals surface area contributed by atoms with Gasteiger partial charge in [-0.2, -0.15) is 0 Å². The molecule has 1 aromatic rings. The Hall–Kier alpha value is -0.930. The summed E-state index contributed by atoms with van der Waals surface area (Å²) in [5.41, 5.74) is 2.09. The van der Waals surface area contributed by atoms with Gasteiger partial charge >= 0.3 is 0 Å². The van der Waals surface area contributed by atoms with Gasteiger partial charge in [0.25, 0.3) is 0 Å². The minimum atomic E-state index is 0.484. The molecule has 0 bridgehead atoms. The maximum atomic E-state index is 5.63. The van der Waals surface area contributed by atoms with Gasteiger partial charge in [0.1, 0.15) is 0 Å². The lowest BCUT2D eigenvalue weighted by Gasteiger charge is -2.09. The zero-order valence-electron chi connectivity index (χ0n) is 12.1. The van der Waals surface area contributed by atoms with E-state index in [1.54, 1.807) is 0 Å².